The molecule has 0 aliphatic rings. The molecule has 100 valence electrons. The van der Waals surface area contributed by atoms with Crippen molar-refractivity contribution in [1.82, 2.24) is 14.9 Å². The number of nitrogens with zero attached hydrogens (tertiary/aromatic N) is 2. The Kier molecular flexibility index (Phi) is 4.29. The fourth-order valence-electron chi connectivity index (χ4n) is 1.59. The van der Waals surface area contributed by atoms with Crippen LogP contribution in [-0.2, 0) is 6.54 Å². The maximum atomic E-state index is 12.0. The van der Waals surface area contributed by atoms with E-state index in [1.54, 1.807) is 12.5 Å². The number of carbonyl (C=O) groups excluding carboxylic acids is 1. The van der Waals surface area contributed by atoms with Crippen LogP contribution in [0.3, 0.4) is 0 Å². The number of carbonyl (C=O) groups is 1. The lowest BCUT2D eigenvalue weighted by molar-refractivity contribution is 0.0952. The Morgan fingerprint density at radius 2 is 2.21 bits per heavy atom. The molecule has 1 heterocycles. The summed E-state index contributed by atoms with van der Waals surface area (Å²) in [5.41, 5.74) is 6.31. The molecule has 0 saturated carbocycles. The number of hydrogen-bond acceptors (Lipinski definition) is 3. The van der Waals surface area contributed by atoms with Crippen molar-refractivity contribution in [1.29, 1.82) is 0 Å². The highest BCUT2D eigenvalue weighted by Crippen LogP contribution is 2.28. The molecule has 2 aromatic rings. The number of nitrogens with two attached hydrogens (primary N) is 1. The zero-order valence-electron chi connectivity index (χ0n) is 9.94. The van der Waals surface area contributed by atoms with Gasteiger partial charge in [0.25, 0.3) is 5.91 Å². The van der Waals surface area contributed by atoms with Crippen LogP contribution in [-0.4, -0.2) is 22.0 Å². The van der Waals surface area contributed by atoms with Crippen molar-refractivity contribution in [2.45, 2.75) is 6.54 Å². The van der Waals surface area contributed by atoms with Crippen molar-refractivity contribution in [3.05, 3.63) is 46.5 Å². The van der Waals surface area contributed by atoms with Gasteiger partial charge in [-0.3, -0.25) is 4.79 Å². The minimum Gasteiger partial charge on any atom is -0.399 e. The fourth-order valence-corrected chi connectivity index (χ4v) is 2.01. The summed E-state index contributed by atoms with van der Waals surface area (Å²) >= 11 is 11.8. The standard InChI is InChI=1S/C12H12Cl2N4O/c13-10-6-8(15)5-9(11(10)14)12(19)17-2-4-18-3-1-16-7-18/h1,3,5-7H,2,4,15H2,(H,17,19). The van der Waals surface area contributed by atoms with Gasteiger partial charge < -0.3 is 15.6 Å². The first-order valence-corrected chi connectivity index (χ1v) is 6.32. The van der Waals surface area contributed by atoms with Crippen LogP contribution >= 0.6 is 23.2 Å². The van der Waals surface area contributed by atoms with Crippen LogP contribution in [0.2, 0.25) is 10.0 Å². The molecule has 0 aliphatic heterocycles. The molecule has 0 fully saturated rings. The second-order valence-corrected chi connectivity index (χ2v) is 4.71. The number of hydrogen-bond donors (Lipinski definition) is 2. The Bertz CT molecular complexity index is 584. The van der Waals surface area contributed by atoms with Gasteiger partial charge in [-0.1, -0.05) is 23.2 Å². The van der Waals surface area contributed by atoms with E-state index in [9.17, 15) is 4.79 Å². The summed E-state index contributed by atoms with van der Waals surface area (Å²) in [6.45, 7) is 1.08. The summed E-state index contributed by atoms with van der Waals surface area (Å²) in [6.07, 6.45) is 5.17. The quantitative estimate of drug-likeness (QED) is 0.850. The van der Waals surface area contributed by atoms with Gasteiger partial charge in [-0.05, 0) is 12.1 Å². The Balaban J connectivity index is 2.00. The lowest BCUT2D eigenvalue weighted by Gasteiger charge is -2.09. The van der Waals surface area contributed by atoms with Gasteiger partial charge in [0.1, 0.15) is 0 Å². The van der Waals surface area contributed by atoms with Crippen molar-refractivity contribution in [2.24, 2.45) is 0 Å². The number of aromatic nitrogens is 2. The average Bonchev–Trinajstić information content (AvgIpc) is 2.86. The van der Waals surface area contributed by atoms with E-state index in [0.29, 0.717) is 18.8 Å². The summed E-state index contributed by atoms with van der Waals surface area (Å²) in [6, 6.07) is 3.01. The molecule has 1 amide bonds. The largest absolute Gasteiger partial charge is 0.399 e. The van der Waals surface area contributed by atoms with E-state index in [-0.39, 0.29) is 21.5 Å². The highest BCUT2D eigenvalue weighted by molar-refractivity contribution is 6.44. The third-order valence-electron chi connectivity index (χ3n) is 2.51. The third kappa shape index (κ3) is 3.39. The molecule has 7 heteroatoms. The molecule has 0 saturated heterocycles. The first kappa shape index (κ1) is 13.7. The van der Waals surface area contributed by atoms with Gasteiger partial charge in [-0.2, -0.15) is 0 Å². The molecular weight excluding hydrogens is 287 g/mol. The summed E-state index contributed by atoms with van der Waals surface area (Å²) in [7, 11) is 0. The summed E-state index contributed by atoms with van der Waals surface area (Å²) in [5.74, 6) is -0.306. The Morgan fingerprint density at radius 1 is 1.42 bits per heavy atom. The number of rotatable bonds is 4. The van der Waals surface area contributed by atoms with Crippen molar-refractivity contribution in [3.8, 4) is 0 Å². The monoisotopic (exact) mass is 298 g/mol. The second-order valence-electron chi connectivity index (χ2n) is 3.92. The molecule has 0 unspecified atom stereocenters. The predicted octanol–water partition coefficient (Wildman–Crippen LogP) is 2.20. The number of amides is 1. The number of anilines is 1. The number of benzene rings is 1. The minimum absolute atomic E-state index is 0.205. The molecule has 3 N–H and O–H groups in total. The number of imidazole rings is 1. The van der Waals surface area contributed by atoms with E-state index in [2.05, 4.69) is 10.3 Å². The molecule has 0 spiro atoms. The summed E-state index contributed by atoms with van der Waals surface area (Å²) in [5, 5.41) is 3.22. The molecule has 0 aliphatic carbocycles. The fraction of sp³-hybridized carbons (Fsp3) is 0.167. The summed E-state index contributed by atoms with van der Waals surface area (Å²) in [4.78, 5) is 15.9. The van der Waals surface area contributed by atoms with Crippen LogP contribution < -0.4 is 11.1 Å². The van der Waals surface area contributed by atoms with Crippen LogP contribution in [0.4, 0.5) is 5.69 Å². The maximum Gasteiger partial charge on any atom is 0.252 e. The number of nitrogen functional groups attached to an aromatic ring is 1. The van der Waals surface area contributed by atoms with Crippen molar-refractivity contribution in [3.63, 3.8) is 0 Å². The van der Waals surface area contributed by atoms with E-state index >= 15 is 0 Å². The van der Waals surface area contributed by atoms with Crippen LogP contribution in [0, 0.1) is 0 Å². The van der Waals surface area contributed by atoms with Gasteiger partial charge in [-0.25, -0.2) is 4.98 Å². The van der Waals surface area contributed by atoms with Crippen molar-refractivity contribution >= 4 is 34.8 Å². The third-order valence-corrected chi connectivity index (χ3v) is 3.31. The molecule has 0 atom stereocenters. The minimum atomic E-state index is -0.306. The lowest BCUT2D eigenvalue weighted by Crippen LogP contribution is -2.27. The van der Waals surface area contributed by atoms with E-state index in [4.69, 9.17) is 28.9 Å². The van der Waals surface area contributed by atoms with E-state index < -0.39 is 0 Å². The maximum absolute atomic E-state index is 12.0. The summed E-state index contributed by atoms with van der Waals surface area (Å²) < 4.78 is 1.86. The van der Waals surface area contributed by atoms with Crippen molar-refractivity contribution < 1.29 is 4.79 Å². The van der Waals surface area contributed by atoms with E-state index in [1.165, 1.54) is 12.1 Å². The zero-order valence-corrected chi connectivity index (χ0v) is 11.4. The van der Waals surface area contributed by atoms with Crippen LogP contribution in [0.5, 0.6) is 0 Å². The average molecular weight is 299 g/mol. The highest BCUT2D eigenvalue weighted by Gasteiger charge is 2.13. The molecule has 2 rings (SSSR count). The first-order chi connectivity index (χ1) is 9.08. The SMILES string of the molecule is Nc1cc(Cl)c(Cl)c(C(=O)NCCn2ccnc2)c1. The van der Waals surface area contributed by atoms with Gasteiger partial charge in [0.05, 0.1) is 21.9 Å². The molecule has 0 bridgehead atoms. The molecule has 0 radical (unpaired) electrons. The van der Waals surface area contributed by atoms with Crippen LogP contribution in [0.15, 0.2) is 30.9 Å². The van der Waals surface area contributed by atoms with Gasteiger partial charge in [0.15, 0.2) is 0 Å². The van der Waals surface area contributed by atoms with E-state index in [1.807, 2.05) is 10.8 Å². The van der Waals surface area contributed by atoms with E-state index in [0.717, 1.165) is 0 Å². The Hall–Kier alpha value is -1.72. The Labute approximate surface area is 120 Å². The van der Waals surface area contributed by atoms with Gasteiger partial charge in [0, 0.05) is 31.2 Å². The number of nitrogens with one attached hydrogen (secondary N) is 1. The molecular formula is C12H12Cl2N4O. The van der Waals surface area contributed by atoms with Gasteiger partial charge >= 0.3 is 0 Å². The number of halogens is 2. The van der Waals surface area contributed by atoms with Crippen LogP contribution in [0.1, 0.15) is 10.4 Å². The topological polar surface area (TPSA) is 72.9 Å². The highest BCUT2D eigenvalue weighted by atomic mass is 35.5. The smallest absolute Gasteiger partial charge is 0.252 e. The molecule has 19 heavy (non-hydrogen) atoms. The molecule has 1 aromatic carbocycles. The van der Waals surface area contributed by atoms with Crippen molar-refractivity contribution in [2.75, 3.05) is 12.3 Å². The van der Waals surface area contributed by atoms with Gasteiger partial charge in [0.2, 0.25) is 0 Å². The first-order valence-electron chi connectivity index (χ1n) is 5.56. The lowest BCUT2D eigenvalue weighted by atomic mass is 10.2. The second kappa shape index (κ2) is 5.95. The molecule has 5 nitrogen and oxygen atoms in total. The Morgan fingerprint density at radius 3 is 2.89 bits per heavy atom. The van der Waals surface area contributed by atoms with Crippen LogP contribution in [0.25, 0.3) is 0 Å². The molecule has 1 aromatic heterocycles. The zero-order chi connectivity index (χ0) is 13.8. The van der Waals surface area contributed by atoms with Gasteiger partial charge in [-0.15, -0.1) is 0 Å². The predicted molar refractivity (Wildman–Crippen MR) is 75.4 cm³/mol. The normalized spacial score (nSPS) is 10.4.